The van der Waals surface area contributed by atoms with Gasteiger partial charge in [0.15, 0.2) is 5.13 Å². The molecule has 2 saturated carbocycles. The molecule has 1 aromatic heterocycles. The molecule has 8 heteroatoms. The fourth-order valence-electron chi connectivity index (χ4n) is 3.82. The van der Waals surface area contributed by atoms with Crippen molar-refractivity contribution in [3.8, 4) is 17.2 Å². The number of aromatic nitrogens is 1. The summed E-state index contributed by atoms with van der Waals surface area (Å²) in [4.78, 5) is 31.7. The molecule has 3 aromatic rings. The Balaban J connectivity index is 1.34. The van der Waals surface area contributed by atoms with Crippen molar-refractivity contribution in [1.29, 1.82) is 0 Å². The van der Waals surface area contributed by atoms with Gasteiger partial charge in [-0.15, -0.1) is 11.3 Å². The van der Waals surface area contributed by atoms with Crippen molar-refractivity contribution >= 4 is 34.0 Å². The minimum absolute atomic E-state index is 0.0548. The van der Waals surface area contributed by atoms with Crippen LogP contribution in [0, 0.1) is 11.8 Å². The van der Waals surface area contributed by atoms with E-state index < -0.39 is 0 Å². The molecule has 0 radical (unpaired) electrons. The summed E-state index contributed by atoms with van der Waals surface area (Å²) < 4.78 is 11.9. The first-order valence-electron chi connectivity index (χ1n) is 12.1. The second-order valence-electron chi connectivity index (χ2n) is 9.41. The molecule has 1 N–H and O–H groups in total. The summed E-state index contributed by atoms with van der Waals surface area (Å²) in [5.41, 5.74) is 1.32. The highest BCUT2D eigenvalue weighted by molar-refractivity contribution is 7.13. The maximum atomic E-state index is 12.8. The van der Waals surface area contributed by atoms with E-state index >= 15 is 0 Å². The Morgan fingerprint density at radius 3 is 2.43 bits per heavy atom. The van der Waals surface area contributed by atoms with Gasteiger partial charge in [-0.25, -0.2) is 4.98 Å². The minimum Gasteiger partial charge on any atom is -0.491 e. The zero-order valence-electron chi connectivity index (χ0n) is 19.9. The van der Waals surface area contributed by atoms with Crippen LogP contribution in [-0.4, -0.2) is 29.4 Å². The Morgan fingerprint density at radius 2 is 1.80 bits per heavy atom. The van der Waals surface area contributed by atoms with E-state index in [-0.39, 0.29) is 23.8 Å². The van der Waals surface area contributed by atoms with Crippen LogP contribution in [-0.2, 0) is 4.79 Å². The summed E-state index contributed by atoms with van der Waals surface area (Å²) in [6.07, 6.45) is 5.97. The van der Waals surface area contributed by atoms with Crippen molar-refractivity contribution in [2.24, 2.45) is 11.8 Å². The predicted octanol–water partition coefficient (Wildman–Crippen LogP) is 6.13. The van der Waals surface area contributed by atoms with Crippen LogP contribution in [0.5, 0.6) is 17.2 Å². The van der Waals surface area contributed by atoms with Gasteiger partial charge in [0.25, 0.3) is 5.91 Å². The van der Waals surface area contributed by atoms with Gasteiger partial charge in [0.1, 0.15) is 17.2 Å². The summed E-state index contributed by atoms with van der Waals surface area (Å²) in [6.45, 7) is 4.65. The molecule has 5 rings (SSSR count). The first-order valence-corrected chi connectivity index (χ1v) is 12.9. The van der Waals surface area contributed by atoms with Gasteiger partial charge in [0, 0.05) is 41.4 Å². The van der Waals surface area contributed by atoms with Crippen molar-refractivity contribution in [1.82, 2.24) is 4.98 Å². The smallest absolute Gasteiger partial charge is 0.257 e. The monoisotopic (exact) mass is 491 g/mol. The average Bonchev–Trinajstić information content (AvgIpc) is 3.77. The number of rotatable bonds is 10. The van der Waals surface area contributed by atoms with E-state index in [2.05, 4.69) is 10.3 Å². The summed E-state index contributed by atoms with van der Waals surface area (Å²) >= 11 is 1.35. The van der Waals surface area contributed by atoms with Crippen molar-refractivity contribution in [2.45, 2.75) is 45.6 Å². The second-order valence-corrected chi connectivity index (χ2v) is 10.3. The highest BCUT2D eigenvalue weighted by atomic mass is 32.1. The van der Waals surface area contributed by atoms with Crippen LogP contribution in [0.25, 0.3) is 0 Å². The molecule has 0 aliphatic heterocycles. The fraction of sp³-hybridized carbons (Fsp3) is 0.370. The molecule has 7 nitrogen and oxygen atoms in total. The summed E-state index contributed by atoms with van der Waals surface area (Å²) in [7, 11) is 0. The summed E-state index contributed by atoms with van der Waals surface area (Å²) in [6, 6.07) is 12.7. The molecule has 2 aromatic carbocycles. The third-order valence-corrected chi connectivity index (χ3v) is 6.57. The van der Waals surface area contributed by atoms with Crippen molar-refractivity contribution in [2.75, 3.05) is 16.8 Å². The first-order chi connectivity index (χ1) is 16.9. The molecule has 182 valence electrons. The van der Waals surface area contributed by atoms with E-state index in [4.69, 9.17) is 9.47 Å². The Morgan fingerprint density at radius 1 is 1.06 bits per heavy atom. The van der Waals surface area contributed by atoms with E-state index in [1.54, 1.807) is 29.8 Å². The summed E-state index contributed by atoms with van der Waals surface area (Å²) in [5.74, 6) is 2.40. The fourth-order valence-corrected chi connectivity index (χ4v) is 4.34. The molecular formula is C27H29N3O4S. The van der Waals surface area contributed by atoms with Gasteiger partial charge in [-0.1, -0.05) is 0 Å². The molecule has 0 spiro atoms. The zero-order chi connectivity index (χ0) is 24.4. The minimum atomic E-state index is -0.288. The maximum Gasteiger partial charge on any atom is 0.257 e. The number of anilines is 2. The lowest BCUT2D eigenvalue weighted by molar-refractivity contribution is -0.119. The normalized spacial score (nSPS) is 15.1. The number of amides is 2. The van der Waals surface area contributed by atoms with E-state index in [1.165, 1.54) is 24.2 Å². The maximum absolute atomic E-state index is 12.8. The Kier molecular flexibility index (Phi) is 6.72. The van der Waals surface area contributed by atoms with Crippen LogP contribution in [0.4, 0.5) is 10.8 Å². The number of hydrogen-bond acceptors (Lipinski definition) is 6. The molecule has 2 fully saturated rings. The summed E-state index contributed by atoms with van der Waals surface area (Å²) in [5, 5.41) is 5.12. The molecule has 2 aliphatic rings. The Bertz CT molecular complexity index is 1190. The van der Waals surface area contributed by atoms with Crippen LogP contribution in [0.1, 0.15) is 49.9 Å². The Labute approximate surface area is 209 Å². The van der Waals surface area contributed by atoms with Crippen LogP contribution in [0.3, 0.4) is 0 Å². The van der Waals surface area contributed by atoms with Gasteiger partial charge in [0.2, 0.25) is 5.91 Å². The second kappa shape index (κ2) is 10.1. The molecule has 2 aliphatic carbocycles. The van der Waals surface area contributed by atoms with Crippen molar-refractivity contribution < 1.29 is 19.1 Å². The first kappa shape index (κ1) is 23.4. The number of ether oxygens (including phenoxy) is 2. The lowest BCUT2D eigenvalue weighted by Gasteiger charge is -2.23. The lowest BCUT2D eigenvalue weighted by Crippen LogP contribution is -2.34. The molecule has 0 unspecified atom stereocenters. The van der Waals surface area contributed by atoms with Crippen LogP contribution in [0.15, 0.2) is 54.0 Å². The van der Waals surface area contributed by atoms with Crippen LogP contribution >= 0.6 is 11.3 Å². The number of nitrogens with zero attached hydrogens (tertiary/aromatic N) is 2. The molecule has 1 heterocycles. The van der Waals surface area contributed by atoms with Gasteiger partial charge in [-0.05, 0) is 81.8 Å². The van der Waals surface area contributed by atoms with E-state index in [1.807, 2.05) is 43.0 Å². The third-order valence-electron chi connectivity index (χ3n) is 5.88. The van der Waals surface area contributed by atoms with Crippen molar-refractivity contribution in [3.63, 3.8) is 0 Å². The highest BCUT2D eigenvalue weighted by Gasteiger charge is 2.36. The van der Waals surface area contributed by atoms with Gasteiger partial charge in [-0.3, -0.25) is 14.9 Å². The predicted molar refractivity (Wildman–Crippen MR) is 137 cm³/mol. The van der Waals surface area contributed by atoms with Crippen LogP contribution in [0.2, 0.25) is 0 Å². The standard InChI is InChI=1S/C27H29N3O4S/c1-17(2)33-23-13-20(25(31)29-27-28-11-12-35-27)14-24(15-23)34-22-9-7-21(8-10-22)30(16-18-3-4-18)26(32)19-5-6-19/h7-15,17-19H,3-6,16H2,1-2H3,(H,28,29,31). The molecule has 0 saturated heterocycles. The average molecular weight is 492 g/mol. The van der Waals surface area contributed by atoms with Crippen molar-refractivity contribution in [3.05, 3.63) is 59.6 Å². The van der Waals surface area contributed by atoms with E-state index in [0.29, 0.717) is 33.9 Å². The van der Waals surface area contributed by atoms with Crippen LogP contribution < -0.4 is 19.7 Å². The lowest BCUT2D eigenvalue weighted by atomic mass is 10.2. The largest absolute Gasteiger partial charge is 0.491 e. The number of nitrogens with one attached hydrogen (secondary N) is 1. The third kappa shape index (κ3) is 6.19. The molecule has 0 bridgehead atoms. The van der Waals surface area contributed by atoms with Gasteiger partial charge in [0.05, 0.1) is 6.10 Å². The molecule has 35 heavy (non-hydrogen) atoms. The SMILES string of the molecule is CC(C)Oc1cc(Oc2ccc(N(CC3CC3)C(=O)C3CC3)cc2)cc(C(=O)Nc2nccs2)c1. The topological polar surface area (TPSA) is 80.8 Å². The molecule has 0 atom stereocenters. The molecule has 2 amide bonds. The quantitative estimate of drug-likeness (QED) is 0.369. The number of carbonyl (C=O) groups excluding carboxylic acids is 2. The Hall–Kier alpha value is -3.39. The number of hydrogen-bond donors (Lipinski definition) is 1. The number of benzene rings is 2. The highest BCUT2D eigenvalue weighted by Crippen LogP contribution is 2.37. The zero-order valence-corrected chi connectivity index (χ0v) is 20.7. The van der Waals surface area contributed by atoms with E-state index in [9.17, 15) is 9.59 Å². The van der Waals surface area contributed by atoms with Gasteiger partial charge < -0.3 is 14.4 Å². The van der Waals surface area contributed by atoms with E-state index in [0.717, 1.165) is 25.1 Å². The van der Waals surface area contributed by atoms with Gasteiger partial charge >= 0.3 is 0 Å². The van der Waals surface area contributed by atoms with Gasteiger partial charge in [-0.2, -0.15) is 0 Å². The molecular weight excluding hydrogens is 462 g/mol. The number of carbonyl (C=O) groups is 2. The number of thiazole rings is 1.